The monoisotopic (exact) mass is 286 g/mol. The first-order valence-electron chi connectivity index (χ1n) is 4.75. The van der Waals surface area contributed by atoms with Gasteiger partial charge in [-0.1, -0.05) is 35.3 Å². The van der Waals surface area contributed by atoms with Crippen molar-refractivity contribution in [1.82, 2.24) is 0 Å². The lowest BCUT2D eigenvalue weighted by Gasteiger charge is -2.02. The number of carbonyl (C=O) groups excluding carboxylic acids is 1. The second-order valence-electron chi connectivity index (χ2n) is 3.30. The minimum atomic E-state index is -0.156. The first-order chi connectivity index (χ1) is 8.11. The van der Waals surface area contributed by atoms with Gasteiger partial charge in [-0.05, 0) is 18.2 Å². The molecule has 0 saturated carbocycles. The Bertz CT molecular complexity index is 563. The molecule has 0 spiro atoms. The second kappa shape index (κ2) is 5.08. The van der Waals surface area contributed by atoms with Gasteiger partial charge in [-0.3, -0.25) is 4.79 Å². The fraction of sp³-hybridized carbons (Fsp3) is 0.0833. The normalized spacial score (nSPS) is 10.3. The van der Waals surface area contributed by atoms with Gasteiger partial charge in [0.15, 0.2) is 5.78 Å². The van der Waals surface area contributed by atoms with Crippen molar-refractivity contribution < 1.29 is 9.53 Å². The number of thiophene rings is 1. The molecule has 0 fully saturated rings. The standard InChI is InChI=1S/C12H8Cl2O2S/c1-16-8-4-2-3-7(5-8)11(15)9-6-10(13)17-12(9)14/h2-6H,1H3. The molecule has 2 aromatic rings. The molecule has 0 saturated heterocycles. The van der Waals surface area contributed by atoms with E-state index in [1.54, 1.807) is 37.4 Å². The van der Waals surface area contributed by atoms with Gasteiger partial charge in [-0.15, -0.1) is 11.3 Å². The lowest BCUT2D eigenvalue weighted by molar-refractivity contribution is 0.103. The Morgan fingerprint density at radius 1 is 1.29 bits per heavy atom. The summed E-state index contributed by atoms with van der Waals surface area (Å²) in [6.07, 6.45) is 0. The lowest BCUT2D eigenvalue weighted by Crippen LogP contribution is -2.00. The van der Waals surface area contributed by atoms with Crippen LogP contribution >= 0.6 is 34.5 Å². The SMILES string of the molecule is COc1cccc(C(=O)c2cc(Cl)sc2Cl)c1. The molecule has 88 valence electrons. The van der Waals surface area contributed by atoms with Crippen molar-refractivity contribution in [3.05, 3.63) is 50.1 Å². The number of methoxy groups -OCH3 is 1. The molecule has 0 aliphatic carbocycles. The highest BCUT2D eigenvalue weighted by Gasteiger charge is 2.16. The summed E-state index contributed by atoms with van der Waals surface area (Å²) in [4.78, 5) is 12.2. The average molecular weight is 287 g/mol. The van der Waals surface area contributed by atoms with Crippen LogP contribution in [0.25, 0.3) is 0 Å². The van der Waals surface area contributed by atoms with Gasteiger partial charge in [0.25, 0.3) is 0 Å². The summed E-state index contributed by atoms with van der Waals surface area (Å²) < 4.78 is 5.97. The molecule has 0 bridgehead atoms. The summed E-state index contributed by atoms with van der Waals surface area (Å²) in [5.41, 5.74) is 0.954. The fourth-order valence-electron chi connectivity index (χ4n) is 1.41. The maximum atomic E-state index is 12.2. The smallest absolute Gasteiger partial charge is 0.195 e. The zero-order chi connectivity index (χ0) is 12.4. The van der Waals surface area contributed by atoms with Crippen molar-refractivity contribution in [3.63, 3.8) is 0 Å². The van der Waals surface area contributed by atoms with Crippen LogP contribution in [0.5, 0.6) is 5.75 Å². The molecule has 1 aromatic heterocycles. The lowest BCUT2D eigenvalue weighted by atomic mass is 10.1. The van der Waals surface area contributed by atoms with Crippen LogP contribution in [0.4, 0.5) is 0 Å². The van der Waals surface area contributed by atoms with Crippen molar-refractivity contribution in [3.8, 4) is 5.75 Å². The van der Waals surface area contributed by atoms with Crippen LogP contribution in [-0.2, 0) is 0 Å². The number of carbonyl (C=O) groups is 1. The highest BCUT2D eigenvalue weighted by molar-refractivity contribution is 7.20. The van der Waals surface area contributed by atoms with Gasteiger partial charge >= 0.3 is 0 Å². The van der Waals surface area contributed by atoms with Crippen LogP contribution in [0.3, 0.4) is 0 Å². The number of benzene rings is 1. The highest BCUT2D eigenvalue weighted by Crippen LogP contribution is 2.32. The summed E-state index contributed by atoms with van der Waals surface area (Å²) in [5.74, 6) is 0.477. The van der Waals surface area contributed by atoms with Crippen molar-refractivity contribution in [2.24, 2.45) is 0 Å². The van der Waals surface area contributed by atoms with Gasteiger partial charge < -0.3 is 4.74 Å². The van der Waals surface area contributed by atoms with E-state index >= 15 is 0 Å². The number of halogens is 2. The summed E-state index contributed by atoms with van der Waals surface area (Å²) in [6, 6.07) is 8.50. The van der Waals surface area contributed by atoms with Gasteiger partial charge in [-0.25, -0.2) is 0 Å². The van der Waals surface area contributed by atoms with Crippen LogP contribution in [-0.4, -0.2) is 12.9 Å². The maximum Gasteiger partial charge on any atom is 0.195 e. The zero-order valence-corrected chi connectivity index (χ0v) is 11.2. The Balaban J connectivity index is 2.40. The average Bonchev–Trinajstić information content (AvgIpc) is 2.67. The summed E-state index contributed by atoms with van der Waals surface area (Å²) in [6.45, 7) is 0. The Hall–Kier alpha value is -1.03. The van der Waals surface area contributed by atoms with E-state index in [4.69, 9.17) is 27.9 Å². The Labute approximate surface area is 113 Å². The van der Waals surface area contributed by atoms with Crippen molar-refractivity contribution >= 4 is 40.3 Å². The van der Waals surface area contributed by atoms with Gasteiger partial charge in [0.1, 0.15) is 10.1 Å². The number of ether oxygens (including phenoxy) is 1. The summed E-state index contributed by atoms with van der Waals surface area (Å²) >= 11 is 12.9. The number of hydrogen-bond acceptors (Lipinski definition) is 3. The quantitative estimate of drug-likeness (QED) is 0.787. The molecule has 1 aromatic carbocycles. The minimum absolute atomic E-state index is 0.156. The molecular weight excluding hydrogens is 279 g/mol. The third kappa shape index (κ3) is 2.63. The maximum absolute atomic E-state index is 12.2. The number of ketones is 1. The van der Waals surface area contributed by atoms with Gasteiger partial charge in [0.2, 0.25) is 0 Å². The third-order valence-electron chi connectivity index (χ3n) is 2.23. The molecule has 5 heteroatoms. The van der Waals surface area contributed by atoms with E-state index < -0.39 is 0 Å². The molecule has 0 unspecified atom stereocenters. The molecule has 0 aliphatic rings. The van der Waals surface area contributed by atoms with Gasteiger partial charge in [0.05, 0.1) is 17.0 Å². The largest absolute Gasteiger partial charge is 0.497 e. The van der Waals surface area contributed by atoms with E-state index in [0.717, 1.165) is 0 Å². The predicted octanol–water partition coefficient (Wildman–Crippen LogP) is 4.29. The molecular formula is C12H8Cl2O2S. The molecule has 2 rings (SSSR count). The minimum Gasteiger partial charge on any atom is -0.497 e. The molecule has 0 N–H and O–H groups in total. The first kappa shape index (κ1) is 12.4. The Morgan fingerprint density at radius 2 is 2.06 bits per heavy atom. The molecule has 0 amide bonds. The summed E-state index contributed by atoms with van der Waals surface area (Å²) in [5, 5.41) is 0. The number of rotatable bonds is 3. The Kier molecular flexibility index (Phi) is 3.72. The Morgan fingerprint density at radius 3 is 2.65 bits per heavy atom. The van der Waals surface area contributed by atoms with Crippen LogP contribution in [0.2, 0.25) is 8.67 Å². The second-order valence-corrected chi connectivity index (χ2v) is 5.58. The molecule has 17 heavy (non-hydrogen) atoms. The van der Waals surface area contributed by atoms with Gasteiger partial charge in [0, 0.05) is 5.56 Å². The first-order valence-corrected chi connectivity index (χ1v) is 6.32. The van der Waals surface area contributed by atoms with E-state index in [9.17, 15) is 4.79 Å². The van der Waals surface area contributed by atoms with Crippen LogP contribution in [0.1, 0.15) is 15.9 Å². The zero-order valence-electron chi connectivity index (χ0n) is 8.87. The van der Waals surface area contributed by atoms with Crippen LogP contribution in [0.15, 0.2) is 30.3 Å². The topological polar surface area (TPSA) is 26.3 Å². The molecule has 0 atom stereocenters. The molecule has 0 radical (unpaired) electrons. The fourth-order valence-corrected chi connectivity index (χ4v) is 2.87. The predicted molar refractivity (Wildman–Crippen MR) is 70.8 cm³/mol. The number of hydrogen-bond donors (Lipinski definition) is 0. The molecule has 2 nitrogen and oxygen atoms in total. The van der Waals surface area contributed by atoms with Crippen LogP contribution < -0.4 is 4.74 Å². The van der Waals surface area contributed by atoms with Crippen molar-refractivity contribution in [2.75, 3.05) is 7.11 Å². The van der Waals surface area contributed by atoms with Gasteiger partial charge in [-0.2, -0.15) is 0 Å². The van der Waals surface area contributed by atoms with E-state index in [2.05, 4.69) is 0 Å². The highest BCUT2D eigenvalue weighted by atomic mass is 35.5. The van der Waals surface area contributed by atoms with Crippen molar-refractivity contribution in [2.45, 2.75) is 0 Å². The van der Waals surface area contributed by atoms with E-state index in [0.29, 0.717) is 25.5 Å². The summed E-state index contributed by atoms with van der Waals surface area (Å²) in [7, 11) is 1.55. The van der Waals surface area contributed by atoms with E-state index in [1.807, 2.05) is 0 Å². The van der Waals surface area contributed by atoms with E-state index in [1.165, 1.54) is 11.3 Å². The molecule has 0 aliphatic heterocycles. The van der Waals surface area contributed by atoms with Crippen LogP contribution in [0, 0.1) is 0 Å². The third-order valence-corrected chi connectivity index (χ3v) is 3.72. The molecule has 1 heterocycles. The van der Waals surface area contributed by atoms with Crippen molar-refractivity contribution in [1.29, 1.82) is 0 Å². The van der Waals surface area contributed by atoms with E-state index in [-0.39, 0.29) is 5.78 Å².